The Morgan fingerprint density at radius 3 is 2.32 bits per heavy atom. The van der Waals surface area contributed by atoms with Crippen molar-refractivity contribution in [2.75, 3.05) is 14.2 Å². The predicted molar refractivity (Wildman–Crippen MR) is 100 cm³/mol. The van der Waals surface area contributed by atoms with Crippen molar-refractivity contribution >= 4 is 17.7 Å². The molecule has 3 saturated carbocycles. The quantitative estimate of drug-likeness (QED) is 0.631. The molecule has 4 bridgehead atoms. The van der Waals surface area contributed by atoms with Crippen LogP contribution in [0, 0.1) is 29.6 Å². The number of ether oxygens (including phenoxy) is 2. The summed E-state index contributed by atoms with van der Waals surface area (Å²) in [4.78, 5) is 24.9. The third-order valence-corrected chi connectivity index (χ3v) is 7.98. The van der Waals surface area contributed by atoms with Gasteiger partial charge in [-0.3, -0.25) is 5.43 Å². The average Bonchev–Trinajstić information content (AvgIpc) is 3.48. The minimum Gasteiger partial charge on any atom is -0.464 e. The molecule has 0 amide bonds. The summed E-state index contributed by atoms with van der Waals surface area (Å²) < 4.78 is 10.0. The molecule has 1 aliphatic heterocycles. The van der Waals surface area contributed by atoms with Crippen molar-refractivity contribution in [1.29, 1.82) is 0 Å². The minimum atomic E-state index is -0.411. The lowest BCUT2D eigenvalue weighted by molar-refractivity contribution is -0.137. The lowest BCUT2D eigenvalue weighted by Crippen LogP contribution is -2.44. The first-order valence-electron chi connectivity index (χ1n) is 9.98. The van der Waals surface area contributed by atoms with Crippen LogP contribution < -0.4 is 5.43 Å². The number of carbonyl (C=O) groups excluding carboxylic acids is 2. The second-order valence-corrected chi connectivity index (χ2v) is 8.64. The van der Waals surface area contributed by atoms with Crippen LogP contribution in [0.3, 0.4) is 0 Å². The van der Waals surface area contributed by atoms with Gasteiger partial charge in [-0.2, -0.15) is 5.10 Å². The number of hydrazone groups is 1. The molecule has 6 heteroatoms. The standard InChI is InChI=1S/C22H22N2O4/c1-27-21(25)19-17-13-8-14(18(17)20(24-23-19)22(26)28-2)16-12-7-11(15(13)16)9-5-3-4-6-10(9)12/h3-6,11-17,24H,7-8H2,1-2H3/t11-,12+,13-,14+,15-,16+,17-/m1/s1. The van der Waals surface area contributed by atoms with Crippen LogP contribution in [0.5, 0.6) is 0 Å². The molecule has 1 N–H and O–H groups in total. The highest BCUT2D eigenvalue weighted by molar-refractivity contribution is 6.38. The van der Waals surface area contributed by atoms with Crippen molar-refractivity contribution in [1.82, 2.24) is 5.43 Å². The fourth-order valence-electron chi connectivity index (χ4n) is 7.36. The van der Waals surface area contributed by atoms with Crippen LogP contribution in [0.15, 0.2) is 40.6 Å². The number of methoxy groups -OCH3 is 2. The van der Waals surface area contributed by atoms with E-state index in [-0.39, 0.29) is 5.92 Å². The second kappa shape index (κ2) is 5.46. The van der Waals surface area contributed by atoms with Crippen molar-refractivity contribution in [2.24, 2.45) is 34.7 Å². The van der Waals surface area contributed by atoms with Crippen molar-refractivity contribution in [2.45, 2.75) is 24.7 Å². The van der Waals surface area contributed by atoms with Crippen molar-refractivity contribution in [3.05, 3.63) is 46.7 Å². The zero-order valence-corrected chi connectivity index (χ0v) is 15.8. The zero-order chi connectivity index (χ0) is 19.2. The summed E-state index contributed by atoms with van der Waals surface area (Å²) >= 11 is 0. The van der Waals surface area contributed by atoms with E-state index in [1.807, 2.05) is 0 Å². The third kappa shape index (κ3) is 1.77. The van der Waals surface area contributed by atoms with E-state index >= 15 is 0 Å². The van der Waals surface area contributed by atoms with Gasteiger partial charge in [0.15, 0.2) is 5.71 Å². The van der Waals surface area contributed by atoms with Gasteiger partial charge in [0.25, 0.3) is 0 Å². The molecule has 144 valence electrons. The Kier molecular flexibility index (Phi) is 3.19. The Balaban J connectivity index is 1.49. The van der Waals surface area contributed by atoms with E-state index in [4.69, 9.17) is 9.47 Å². The van der Waals surface area contributed by atoms with Crippen molar-refractivity contribution in [3.63, 3.8) is 0 Å². The van der Waals surface area contributed by atoms with Crippen LogP contribution in [0.25, 0.3) is 0 Å². The van der Waals surface area contributed by atoms with E-state index < -0.39 is 11.9 Å². The summed E-state index contributed by atoms with van der Waals surface area (Å²) in [5.74, 6) is 1.85. The average molecular weight is 378 g/mol. The normalized spacial score (nSPS) is 38.4. The monoisotopic (exact) mass is 378 g/mol. The second-order valence-electron chi connectivity index (χ2n) is 8.64. The van der Waals surface area contributed by atoms with Crippen LogP contribution in [-0.2, 0) is 19.1 Å². The van der Waals surface area contributed by atoms with Gasteiger partial charge >= 0.3 is 11.9 Å². The Labute approximate surface area is 163 Å². The molecular weight excluding hydrogens is 356 g/mol. The number of carbonyl (C=O) groups is 2. The van der Waals surface area contributed by atoms with Gasteiger partial charge in [-0.05, 0) is 65.0 Å². The van der Waals surface area contributed by atoms with E-state index in [0.29, 0.717) is 46.9 Å². The summed E-state index contributed by atoms with van der Waals surface area (Å²) in [6.07, 6.45) is 2.20. The van der Waals surface area contributed by atoms with Gasteiger partial charge in [-0.25, -0.2) is 9.59 Å². The van der Waals surface area contributed by atoms with Gasteiger partial charge in [-0.1, -0.05) is 24.3 Å². The van der Waals surface area contributed by atoms with Crippen LogP contribution >= 0.6 is 0 Å². The van der Waals surface area contributed by atoms with Crippen LogP contribution in [0.2, 0.25) is 0 Å². The van der Waals surface area contributed by atoms with Crippen LogP contribution in [0.1, 0.15) is 35.8 Å². The molecule has 1 aromatic carbocycles. The maximum absolute atomic E-state index is 12.5. The van der Waals surface area contributed by atoms with Gasteiger partial charge in [0.1, 0.15) is 5.70 Å². The largest absolute Gasteiger partial charge is 0.464 e. The first-order valence-corrected chi connectivity index (χ1v) is 9.98. The number of hydrogen-bond donors (Lipinski definition) is 1. The summed E-state index contributed by atoms with van der Waals surface area (Å²) in [7, 11) is 2.77. The first kappa shape index (κ1) is 16.3. The van der Waals surface area contributed by atoms with Crippen molar-refractivity contribution in [3.8, 4) is 0 Å². The first-order chi connectivity index (χ1) is 13.7. The number of allylic oxidation sites excluding steroid dienone is 1. The Bertz CT molecular complexity index is 981. The number of benzene rings is 1. The zero-order valence-electron chi connectivity index (χ0n) is 15.8. The number of hydrogen-bond acceptors (Lipinski definition) is 6. The Morgan fingerprint density at radius 2 is 1.64 bits per heavy atom. The Hall–Kier alpha value is -2.63. The number of nitrogens with one attached hydrogen (secondary N) is 1. The molecule has 0 saturated heterocycles. The summed E-state index contributed by atoms with van der Waals surface area (Å²) in [5, 5.41) is 4.27. The number of esters is 2. The molecule has 0 unspecified atom stereocenters. The molecule has 4 aliphatic carbocycles. The van der Waals surface area contributed by atoms with Crippen LogP contribution in [0.4, 0.5) is 0 Å². The summed E-state index contributed by atoms with van der Waals surface area (Å²) in [6, 6.07) is 8.81. The minimum absolute atomic E-state index is 0.138. The maximum Gasteiger partial charge on any atom is 0.355 e. The molecule has 5 aliphatic rings. The highest BCUT2D eigenvalue weighted by Crippen LogP contribution is 2.74. The van der Waals surface area contributed by atoms with E-state index in [0.717, 1.165) is 12.0 Å². The predicted octanol–water partition coefficient (Wildman–Crippen LogP) is 2.33. The van der Waals surface area contributed by atoms with Gasteiger partial charge in [0.2, 0.25) is 0 Å². The van der Waals surface area contributed by atoms with Crippen LogP contribution in [-0.4, -0.2) is 31.9 Å². The summed E-state index contributed by atoms with van der Waals surface area (Å²) in [6.45, 7) is 0. The van der Waals surface area contributed by atoms with Gasteiger partial charge in [0, 0.05) is 5.92 Å². The molecule has 0 radical (unpaired) electrons. The molecule has 0 spiro atoms. The molecule has 6 rings (SSSR count). The topological polar surface area (TPSA) is 77.0 Å². The molecular formula is C22H22N2O4. The molecule has 6 nitrogen and oxygen atoms in total. The molecule has 0 aromatic heterocycles. The lowest BCUT2D eigenvalue weighted by atomic mass is 9.62. The smallest absolute Gasteiger partial charge is 0.355 e. The highest BCUT2D eigenvalue weighted by atomic mass is 16.5. The van der Waals surface area contributed by atoms with Gasteiger partial charge in [0.05, 0.1) is 14.2 Å². The maximum atomic E-state index is 12.5. The number of nitrogens with zero attached hydrogens (tertiary/aromatic N) is 1. The van der Waals surface area contributed by atoms with Crippen molar-refractivity contribution < 1.29 is 19.1 Å². The number of fused-ring (bicyclic) bond motifs is 15. The Morgan fingerprint density at radius 1 is 0.964 bits per heavy atom. The van der Waals surface area contributed by atoms with E-state index in [2.05, 4.69) is 34.8 Å². The molecule has 1 aromatic rings. The summed E-state index contributed by atoms with van der Waals surface area (Å²) in [5.41, 5.74) is 7.68. The fourth-order valence-corrected chi connectivity index (χ4v) is 7.36. The number of rotatable bonds is 2. The molecule has 1 heterocycles. The SMILES string of the molecule is COC(=O)C1=NNC(C(=O)OC)=C2[C@H]1[C@@H]1C[C@H]2[C@H]2[C@@H]1[C@@H]1C[C@H]2c2ccccc21. The third-order valence-electron chi connectivity index (χ3n) is 7.98. The van der Waals surface area contributed by atoms with E-state index in [1.165, 1.54) is 31.8 Å². The molecule has 7 atom stereocenters. The molecule has 28 heavy (non-hydrogen) atoms. The van der Waals surface area contributed by atoms with Gasteiger partial charge in [-0.15, -0.1) is 0 Å². The molecule has 3 fully saturated rings. The lowest BCUT2D eigenvalue weighted by Gasteiger charge is -2.42. The van der Waals surface area contributed by atoms with E-state index in [1.54, 1.807) is 0 Å². The van der Waals surface area contributed by atoms with E-state index in [9.17, 15) is 9.59 Å². The fraction of sp³-hybridized carbons (Fsp3) is 0.500. The highest BCUT2D eigenvalue weighted by Gasteiger charge is 2.67. The van der Waals surface area contributed by atoms with Gasteiger partial charge < -0.3 is 9.47 Å².